The van der Waals surface area contributed by atoms with E-state index >= 15 is 0 Å². The molecule has 0 atom stereocenters. The molecule has 1 aromatic heterocycles. The Balaban J connectivity index is 0.000000342. The number of rotatable bonds is 4. The minimum atomic E-state index is -3.58. The number of thioether (sulfide) groups is 1. The maximum atomic E-state index is 12.4. The molecule has 8 heteroatoms. The van der Waals surface area contributed by atoms with Crippen molar-refractivity contribution in [2.45, 2.75) is 11.8 Å². The second-order valence-corrected chi connectivity index (χ2v) is 8.84. The number of carbonyl (C=O) groups excluding carboxylic acids is 1. The second-order valence-electron chi connectivity index (χ2n) is 5.23. The molecular weight excluding hydrogens is 392 g/mol. The molecule has 0 N–H and O–H groups in total. The number of halogens is 1. The quantitative estimate of drug-likeness (QED) is 0.769. The Morgan fingerprint density at radius 3 is 2.35 bits per heavy atom. The van der Waals surface area contributed by atoms with E-state index in [1.165, 1.54) is 40.3 Å². The van der Waals surface area contributed by atoms with Crippen molar-refractivity contribution in [2.24, 2.45) is 0 Å². The molecule has 138 valence electrons. The molecule has 0 aliphatic carbocycles. The van der Waals surface area contributed by atoms with E-state index in [1.807, 2.05) is 25.1 Å². The SMILES string of the molecule is CCSC(=O)C1=CCN(S(=O)(=O)c2ccc(Cl)cc2)C1.c1ccncc1. The van der Waals surface area contributed by atoms with E-state index in [0.29, 0.717) is 16.3 Å². The average molecular weight is 411 g/mol. The summed E-state index contributed by atoms with van der Waals surface area (Å²) in [4.78, 5) is 15.7. The van der Waals surface area contributed by atoms with E-state index in [1.54, 1.807) is 18.5 Å². The maximum absolute atomic E-state index is 12.4. The summed E-state index contributed by atoms with van der Waals surface area (Å²) in [6, 6.07) is 11.7. The third-order valence-electron chi connectivity index (χ3n) is 3.44. The molecule has 0 unspecified atom stereocenters. The summed E-state index contributed by atoms with van der Waals surface area (Å²) >= 11 is 6.95. The van der Waals surface area contributed by atoms with Gasteiger partial charge in [0.2, 0.25) is 15.1 Å². The van der Waals surface area contributed by atoms with E-state index in [9.17, 15) is 13.2 Å². The Hall–Kier alpha value is -1.67. The molecule has 0 saturated carbocycles. The number of carbonyl (C=O) groups is 1. The molecule has 1 aliphatic heterocycles. The molecule has 0 spiro atoms. The zero-order chi connectivity index (χ0) is 19.0. The van der Waals surface area contributed by atoms with Crippen molar-refractivity contribution in [1.29, 1.82) is 0 Å². The van der Waals surface area contributed by atoms with Crippen LogP contribution in [0.5, 0.6) is 0 Å². The molecule has 1 aliphatic rings. The normalized spacial score (nSPS) is 14.3. The van der Waals surface area contributed by atoms with Gasteiger partial charge in [0, 0.05) is 36.1 Å². The van der Waals surface area contributed by atoms with Crippen LogP contribution < -0.4 is 0 Å². The lowest BCUT2D eigenvalue weighted by atomic mass is 10.3. The van der Waals surface area contributed by atoms with Gasteiger partial charge in [0.05, 0.1) is 4.90 Å². The van der Waals surface area contributed by atoms with Crippen LogP contribution in [-0.2, 0) is 14.8 Å². The van der Waals surface area contributed by atoms with E-state index in [2.05, 4.69) is 4.98 Å². The van der Waals surface area contributed by atoms with Gasteiger partial charge in [0.25, 0.3) is 0 Å². The number of sulfonamides is 1. The Morgan fingerprint density at radius 1 is 1.19 bits per heavy atom. The van der Waals surface area contributed by atoms with Gasteiger partial charge >= 0.3 is 0 Å². The zero-order valence-corrected chi connectivity index (χ0v) is 16.6. The summed E-state index contributed by atoms with van der Waals surface area (Å²) in [7, 11) is -3.58. The van der Waals surface area contributed by atoms with E-state index in [-0.39, 0.29) is 23.1 Å². The topological polar surface area (TPSA) is 67.3 Å². The van der Waals surface area contributed by atoms with Crippen LogP contribution in [0.25, 0.3) is 0 Å². The van der Waals surface area contributed by atoms with Gasteiger partial charge in [-0.25, -0.2) is 8.42 Å². The highest BCUT2D eigenvalue weighted by Crippen LogP contribution is 2.24. The number of hydrogen-bond acceptors (Lipinski definition) is 5. The number of pyridine rings is 1. The molecule has 0 amide bonds. The number of aromatic nitrogens is 1. The summed E-state index contributed by atoms with van der Waals surface area (Å²) in [6.07, 6.45) is 5.18. The van der Waals surface area contributed by atoms with Crippen LogP contribution in [-0.4, -0.2) is 41.7 Å². The molecule has 0 fully saturated rings. The van der Waals surface area contributed by atoms with Crippen molar-refractivity contribution in [3.05, 3.63) is 71.5 Å². The third-order valence-corrected chi connectivity index (χ3v) is 6.33. The van der Waals surface area contributed by atoms with Crippen LogP contribution in [0.4, 0.5) is 0 Å². The second kappa shape index (κ2) is 9.87. The minimum absolute atomic E-state index is 0.0543. The highest BCUT2D eigenvalue weighted by molar-refractivity contribution is 8.14. The number of nitrogens with zero attached hydrogens (tertiary/aromatic N) is 2. The number of hydrogen-bond donors (Lipinski definition) is 0. The van der Waals surface area contributed by atoms with Crippen LogP contribution in [0.2, 0.25) is 5.02 Å². The van der Waals surface area contributed by atoms with Crippen molar-refractivity contribution in [1.82, 2.24) is 9.29 Å². The van der Waals surface area contributed by atoms with Crippen molar-refractivity contribution < 1.29 is 13.2 Å². The van der Waals surface area contributed by atoms with Crippen molar-refractivity contribution >= 4 is 38.5 Å². The maximum Gasteiger partial charge on any atom is 0.243 e. The zero-order valence-electron chi connectivity index (χ0n) is 14.2. The Kier molecular flexibility index (Phi) is 7.84. The monoisotopic (exact) mass is 410 g/mol. The highest BCUT2D eigenvalue weighted by Gasteiger charge is 2.30. The lowest BCUT2D eigenvalue weighted by Gasteiger charge is -2.16. The molecule has 2 heterocycles. The summed E-state index contributed by atoms with van der Waals surface area (Å²) in [5.41, 5.74) is 0.550. The standard InChI is InChI=1S/C13H14ClNO3S2.C5H5N/c1-2-19-13(16)10-7-8-15(9-10)20(17,18)12-5-3-11(14)4-6-12;1-2-4-6-5-3-1/h3-7H,2,8-9H2,1H3;1-5H. The van der Waals surface area contributed by atoms with Gasteiger partial charge in [-0.05, 0) is 42.2 Å². The first kappa shape index (κ1) is 20.6. The van der Waals surface area contributed by atoms with Gasteiger partial charge in [-0.1, -0.05) is 42.4 Å². The smallest absolute Gasteiger partial charge is 0.243 e. The van der Waals surface area contributed by atoms with Crippen molar-refractivity contribution in [2.75, 3.05) is 18.8 Å². The first-order valence-corrected chi connectivity index (χ1v) is 10.7. The molecule has 5 nitrogen and oxygen atoms in total. The summed E-state index contributed by atoms with van der Waals surface area (Å²) < 4.78 is 26.1. The molecule has 2 aromatic rings. The van der Waals surface area contributed by atoms with Gasteiger partial charge < -0.3 is 0 Å². The van der Waals surface area contributed by atoms with Gasteiger partial charge in [-0.15, -0.1) is 0 Å². The molecule has 0 radical (unpaired) electrons. The van der Waals surface area contributed by atoms with Crippen molar-refractivity contribution in [3.63, 3.8) is 0 Å². The largest absolute Gasteiger partial charge is 0.282 e. The summed E-state index contributed by atoms with van der Waals surface area (Å²) in [5, 5.41) is 0.431. The predicted octanol–water partition coefficient (Wildman–Crippen LogP) is 3.63. The summed E-state index contributed by atoms with van der Waals surface area (Å²) in [5.74, 6) is 0.681. The Morgan fingerprint density at radius 2 is 1.85 bits per heavy atom. The van der Waals surface area contributed by atoms with Gasteiger partial charge in [-0.3, -0.25) is 9.78 Å². The molecule has 0 saturated heterocycles. The highest BCUT2D eigenvalue weighted by atomic mass is 35.5. The van der Waals surface area contributed by atoms with Crippen LogP contribution in [0.1, 0.15) is 6.92 Å². The fourth-order valence-corrected chi connectivity index (χ4v) is 4.23. The third kappa shape index (κ3) is 5.67. The van der Waals surface area contributed by atoms with Crippen molar-refractivity contribution in [3.8, 4) is 0 Å². The van der Waals surface area contributed by atoms with Gasteiger partial charge in [0.1, 0.15) is 0 Å². The fraction of sp³-hybridized carbons (Fsp3) is 0.222. The molecule has 1 aromatic carbocycles. The van der Waals surface area contributed by atoms with Crippen LogP contribution in [0.3, 0.4) is 0 Å². The van der Waals surface area contributed by atoms with E-state index in [0.717, 1.165) is 0 Å². The minimum Gasteiger partial charge on any atom is -0.282 e. The van der Waals surface area contributed by atoms with Gasteiger partial charge in [-0.2, -0.15) is 4.31 Å². The molecule has 3 rings (SSSR count). The summed E-state index contributed by atoms with van der Waals surface area (Å²) in [6.45, 7) is 2.26. The fourth-order valence-electron chi connectivity index (χ4n) is 2.15. The lowest BCUT2D eigenvalue weighted by Crippen LogP contribution is -2.29. The number of benzene rings is 1. The first-order valence-electron chi connectivity index (χ1n) is 7.92. The average Bonchev–Trinajstić information content (AvgIpc) is 3.15. The molecule has 26 heavy (non-hydrogen) atoms. The van der Waals surface area contributed by atoms with E-state index < -0.39 is 10.0 Å². The predicted molar refractivity (Wildman–Crippen MR) is 106 cm³/mol. The van der Waals surface area contributed by atoms with Gasteiger partial charge in [0.15, 0.2) is 0 Å². The Bertz CT molecular complexity index is 827. The van der Waals surface area contributed by atoms with E-state index in [4.69, 9.17) is 11.6 Å². The molecular formula is C18H19ClN2O3S2. The Labute approximate surface area is 163 Å². The van der Waals surface area contributed by atoms with Crippen LogP contribution in [0.15, 0.2) is 71.4 Å². The molecule has 0 bridgehead atoms. The van der Waals surface area contributed by atoms with Crippen LogP contribution >= 0.6 is 23.4 Å². The lowest BCUT2D eigenvalue weighted by molar-refractivity contribution is -0.107. The first-order chi connectivity index (χ1) is 12.4. The van der Waals surface area contributed by atoms with Crippen LogP contribution in [0, 0.1) is 0 Å².